The fourth-order valence-corrected chi connectivity index (χ4v) is 5.75. The first-order valence-electron chi connectivity index (χ1n) is 15.5. The van der Waals surface area contributed by atoms with Crippen molar-refractivity contribution in [2.45, 2.75) is 96.8 Å². The van der Waals surface area contributed by atoms with Crippen LogP contribution in [0.1, 0.15) is 74.6 Å². The number of aromatic nitrogens is 5. The van der Waals surface area contributed by atoms with Gasteiger partial charge in [-0.3, -0.25) is 4.68 Å². The summed E-state index contributed by atoms with van der Waals surface area (Å²) in [5, 5.41) is 27.6. The van der Waals surface area contributed by atoms with Gasteiger partial charge in [0.05, 0.1) is 18.3 Å². The molecule has 1 aliphatic heterocycles. The highest BCUT2D eigenvalue weighted by Gasteiger charge is 2.17. The summed E-state index contributed by atoms with van der Waals surface area (Å²) < 4.78 is 1.93. The summed E-state index contributed by atoms with van der Waals surface area (Å²) in [5.41, 5.74) is 4.33. The van der Waals surface area contributed by atoms with Gasteiger partial charge in [-0.15, -0.1) is 5.10 Å². The van der Waals surface area contributed by atoms with Gasteiger partial charge in [0.15, 0.2) is 0 Å². The van der Waals surface area contributed by atoms with Crippen molar-refractivity contribution in [1.82, 2.24) is 40.9 Å². The van der Waals surface area contributed by atoms with E-state index in [1.54, 1.807) is 0 Å². The van der Waals surface area contributed by atoms with Crippen LogP contribution in [0.15, 0.2) is 18.3 Å². The second-order valence-corrected chi connectivity index (χ2v) is 11.6. The van der Waals surface area contributed by atoms with Crippen LogP contribution in [0.5, 0.6) is 0 Å². The Hall–Kier alpha value is -2.82. The Morgan fingerprint density at radius 2 is 1.70 bits per heavy atom. The van der Waals surface area contributed by atoms with E-state index < -0.39 is 0 Å². The second-order valence-electron chi connectivity index (χ2n) is 11.6. The second kappa shape index (κ2) is 14.7. The van der Waals surface area contributed by atoms with Gasteiger partial charge in [0.1, 0.15) is 11.5 Å². The lowest BCUT2D eigenvalue weighted by Crippen LogP contribution is -2.35. The molecule has 3 aromatic rings. The quantitative estimate of drug-likeness (QED) is 0.191. The van der Waals surface area contributed by atoms with Crippen molar-refractivity contribution in [3.8, 4) is 0 Å². The van der Waals surface area contributed by atoms with Crippen molar-refractivity contribution in [2.75, 3.05) is 43.4 Å². The third-order valence-corrected chi connectivity index (χ3v) is 8.31. The summed E-state index contributed by atoms with van der Waals surface area (Å²) in [6.07, 6.45) is 13.3. The number of hydrogen-bond acceptors (Lipinski definition) is 9. The first kappa shape index (κ1) is 28.7. The zero-order valence-corrected chi connectivity index (χ0v) is 24.4. The molecule has 10 heteroatoms. The van der Waals surface area contributed by atoms with Gasteiger partial charge >= 0.3 is 0 Å². The Morgan fingerprint density at radius 3 is 2.55 bits per heavy atom. The van der Waals surface area contributed by atoms with Crippen LogP contribution in [0.3, 0.4) is 0 Å². The lowest BCUT2D eigenvalue weighted by Gasteiger charge is -2.25. The molecule has 0 amide bonds. The van der Waals surface area contributed by atoms with Gasteiger partial charge in [-0.05, 0) is 108 Å². The molecule has 0 radical (unpaired) electrons. The van der Waals surface area contributed by atoms with Crippen LogP contribution in [0.2, 0.25) is 0 Å². The predicted octanol–water partition coefficient (Wildman–Crippen LogP) is 3.91. The first-order valence-corrected chi connectivity index (χ1v) is 15.5. The number of nitrogens with one attached hydrogen (secondary N) is 5. The highest BCUT2D eigenvalue weighted by molar-refractivity contribution is 5.91. The van der Waals surface area contributed by atoms with Gasteiger partial charge in [-0.25, -0.2) is 4.98 Å². The molecule has 218 valence electrons. The Bertz CT molecular complexity index is 1200. The molecule has 0 unspecified atom stereocenters. The van der Waals surface area contributed by atoms with E-state index in [9.17, 15) is 0 Å². The van der Waals surface area contributed by atoms with Crippen molar-refractivity contribution in [3.63, 3.8) is 0 Å². The SMILES string of the molecule is Cc1cc2nc(NCc3cn(CCCNCCCNC4CCCCC4)nn3)nc(NC3CCNCC3)c2cc1C. The van der Waals surface area contributed by atoms with Crippen LogP contribution in [0.4, 0.5) is 11.8 Å². The van der Waals surface area contributed by atoms with E-state index in [4.69, 9.17) is 9.97 Å². The van der Waals surface area contributed by atoms with E-state index in [1.807, 2.05) is 10.9 Å². The molecule has 2 aliphatic rings. The molecule has 5 N–H and O–H groups in total. The third-order valence-electron chi connectivity index (χ3n) is 8.31. The van der Waals surface area contributed by atoms with Gasteiger partial charge in [0.25, 0.3) is 0 Å². The fourth-order valence-electron chi connectivity index (χ4n) is 5.75. The summed E-state index contributed by atoms with van der Waals surface area (Å²) >= 11 is 0. The summed E-state index contributed by atoms with van der Waals surface area (Å²) in [4.78, 5) is 9.71. The van der Waals surface area contributed by atoms with Crippen LogP contribution in [0, 0.1) is 13.8 Å². The van der Waals surface area contributed by atoms with Crippen molar-refractivity contribution in [1.29, 1.82) is 0 Å². The summed E-state index contributed by atoms with van der Waals surface area (Å²) in [6, 6.07) is 5.53. The maximum atomic E-state index is 4.88. The number of fused-ring (bicyclic) bond motifs is 1. The molecule has 5 rings (SSSR count). The highest BCUT2D eigenvalue weighted by Crippen LogP contribution is 2.27. The van der Waals surface area contributed by atoms with E-state index in [1.165, 1.54) is 49.7 Å². The average Bonchev–Trinajstić information content (AvgIpc) is 3.43. The monoisotopic (exact) mass is 548 g/mol. The summed E-state index contributed by atoms with van der Waals surface area (Å²) in [7, 11) is 0. The van der Waals surface area contributed by atoms with Crippen LogP contribution in [-0.4, -0.2) is 69.8 Å². The minimum absolute atomic E-state index is 0.418. The van der Waals surface area contributed by atoms with Crippen LogP contribution in [0.25, 0.3) is 10.9 Å². The van der Waals surface area contributed by atoms with Crippen LogP contribution >= 0.6 is 0 Å². The van der Waals surface area contributed by atoms with E-state index in [2.05, 4.69) is 62.9 Å². The predicted molar refractivity (Wildman–Crippen MR) is 163 cm³/mol. The van der Waals surface area contributed by atoms with Gasteiger partial charge in [-0.2, -0.15) is 4.98 Å². The molecule has 2 aromatic heterocycles. The van der Waals surface area contributed by atoms with E-state index in [-0.39, 0.29) is 0 Å². The molecular formula is C30H48N10. The molecular weight excluding hydrogens is 500 g/mol. The molecule has 10 nitrogen and oxygen atoms in total. The zero-order chi connectivity index (χ0) is 27.6. The lowest BCUT2D eigenvalue weighted by atomic mass is 9.95. The summed E-state index contributed by atoms with van der Waals surface area (Å²) in [5.74, 6) is 1.52. The molecule has 0 atom stereocenters. The minimum Gasteiger partial charge on any atom is -0.367 e. The summed E-state index contributed by atoms with van der Waals surface area (Å²) in [6.45, 7) is 10.9. The maximum absolute atomic E-state index is 4.88. The van der Waals surface area contributed by atoms with Gasteiger partial charge in [0, 0.05) is 24.0 Å². The Kier molecular flexibility index (Phi) is 10.6. The molecule has 2 fully saturated rings. The van der Waals surface area contributed by atoms with Gasteiger partial charge in [-0.1, -0.05) is 24.5 Å². The van der Waals surface area contributed by atoms with E-state index >= 15 is 0 Å². The highest BCUT2D eigenvalue weighted by atomic mass is 15.4. The fraction of sp³-hybridized carbons (Fsp3) is 0.667. The van der Waals surface area contributed by atoms with E-state index in [0.717, 1.165) is 87.0 Å². The number of nitrogens with zero attached hydrogens (tertiary/aromatic N) is 5. The number of benzene rings is 1. The van der Waals surface area contributed by atoms with Gasteiger partial charge < -0.3 is 26.6 Å². The molecule has 3 heterocycles. The molecule has 1 saturated heterocycles. The number of hydrogen-bond donors (Lipinski definition) is 5. The third kappa shape index (κ3) is 8.34. The van der Waals surface area contributed by atoms with Crippen molar-refractivity contribution < 1.29 is 0 Å². The Labute approximate surface area is 238 Å². The van der Waals surface area contributed by atoms with Crippen molar-refractivity contribution >= 4 is 22.7 Å². The Balaban J connectivity index is 1.07. The standard InChI is InChI=1S/C30H48N10/c1-22-18-27-28(19-23(22)2)36-30(37-29(27)35-25-10-15-32-16-11-25)34-20-26-21-40(39-38-26)17-7-13-31-12-6-14-33-24-8-4-3-5-9-24/h18-19,21,24-25,31-33H,3-17,20H2,1-2H3,(H2,34,35,36,37). The number of piperidine rings is 1. The Morgan fingerprint density at radius 1 is 0.900 bits per heavy atom. The molecule has 0 bridgehead atoms. The maximum Gasteiger partial charge on any atom is 0.225 e. The van der Waals surface area contributed by atoms with Crippen LogP contribution < -0.4 is 26.6 Å². The molecule has 1 saturated carbocycles. The normalized spacial score (nSPS) is 16.9. The largest absolute Gasteiger partial charge is 0.367 e. The number of anilines is 2. The number of rotatable bonds is 14. The molecule has 1 aromatic carbocycles. The average molecular weight is 549 g/mol. The van der Waals surface area contributed by atoms with Crippen LogP contribution in [-0.2, 0) is 13.1 Å². The number of aryl methyl sites for hydroxylation is 3. The topological polar surface area (TPSA) is 117 Å². The first-order chi connectivity index (χ1) is 19.6. The van der Waals surface area contributed by atoms with E-state index in [0.29, 0.717) is 18.5 Å². The lowest BCUT2D eigenvalue weighted by molar-refractivity contribution is 0.371. The molecule has 0 spiro atoms. The molecule has 1 aliphatic carbocycles. The smallest absolute Gasteiger partial charge is 0.225 e. The molecule has 40 heavy (non-hydrogen) atoms. The minimum atomic E-state index is 0.418. The zero-order valence-electron chi connectivity index (χ0n) is 24.4. The van der Waals surface area contributed by atoms with Gasteiger partial charge in [0.2, 0.25) is 5.95 Å². The van der Waals surface area contributed by atoms with Crippen molar-refractivity contribution in [2.24, 2.45) is 0 Å². The van der Waals surface area contributed by atoms with Crippen molar-refractivity contribution in [3.05, 3.63) is 35.2 Å².